The molecule has 1 aliphatic heterocycles. The molecule has 0 amide bonds. The van der Waals surface area contributed by atoms with Crippen LogP contribution in [0.3, 0.4) is 0 Å². The Morgan fingerprint density at radius 2 is 2.12 bits per heavy atom. The van der Waals surface area contributed by atoms with Crippen molar-refractivity contribution >= 4 is 5.69 Å². The molecule has 1 aliphatic rings. The minimum atomic E-state index is 0.803. The number of hydrogen-bond donors (Lipinski definition) is 0. The highest BCUT2D eigenvalue weighted by atomic mass is 16.5. The fourth-order valence-electron chi connectivity index (χ4n) is 2.03. The lowest BCUT2D eigenvalue weighted by molar-refractivity contribution is 0.152. The largest absolute Gasteiger partial charge is 0.495 e. The van der Waals surface area contributed by atoms with E-state index in [1.54, 1.807) is 7.11 Å². The Bertz CT molecular complexity index is 344. The summed E-state index contributed by atoms with van der Waals surface area (Å²) >= 11 is 0. The Balaban J connectivity index is 2.23. The highest BCUT2D eigenvalue weighted by Gasteiger charge is 2.14. The lowest BCUT2D eigenvalue weighted by atomic mass is 10.2. The third kappa shape index (κ3) is 2.47. The molecule has 1 aromatic rings. The van der Waals surface area contributed by atoms with E-state index in [1.807, 2.05) is 0 Å². The van der Waals surface area contributed by atoms with Crippen molar-refractivity contribution in [3.05, 3.63) is 23.8 Å². The Kier molecular flexibility index (Phi) is 3.67. The number of ether oxygens (including phenoxy) is 2. The zero-order chi connectivity index (χ0) is 11.4. The van der Waals surface area contributed by atoms with E-state index < -0.39 is 0 Å². The second-order valence-electron chi connectivity index (χ2n) is 4.13. The van der Waals surface area contributed by atoms with Gasteiger partial charge in [0, 0.05) is 19.7 Å². The molecule has 3 heteroatoms. The molecule has 0 saturated carbocycles. The van der Waals surface area contributed by atoms with Crippen LogP contribution in [0.25, 0.3) is 0 Å². The Labute approximate surface area is 97.0 Å². The van der Waals surface area contributed by atoms with Crippen molar-refractivity contribution in [1.82, 2.24) is 0 Å². The monoisotopic (exact) mass is 221 g/mol. The highest BCUT2D eigenvalue weighted by molar-refractivity contribution is 5.59. The van der Waals surface area contributed by atoms with E-state index in [-0.39, 0.29) is 0 Å². The van der Waals surface area contributed by atoms with E-state index in [0.717, 1.165) is 38.5 Å². The van der Waals surface area contributed by atoms with Crippen molar-refractivity contribution < 1.29 is 9.47 Å². The van der Waals surface area contributed by atoms with Crippen LogP contribution in [0.4, 0.5) is 5.69 Å². The molecule has 0 aliphatic carbocycles. The average molecular weight is 221 g/mol. The summed E-state index contributed by atoms with van der Waals surface area (Å²) in [6.45, 7) is 5.73. The van der Waals surface area contributed by atoms with E-state index in [9.17, 15) is 0 Å². The fourth-order valence-corrected chi connectivity index (χ4v) is 2.03. The summed E-state index contributed by atoms with van der Waals surface area (Å²) < 4.78 is 10.9. The standard InChI is InChI=1S/C13H19NO2/c1-11-4-5-12(13(10-11)15-2)14-6-3-8-16-9-7-14/h4-5,10H,3,6-9H2,1-2H3. The Morgan fingerprint density at radius 3 is 2.94 bits per heavy atom. The van der Waals surface area contributed by atoms with Gasteiger partial charge < -0.3 is 14.4 Å². The van der Waals surface area contributed by atoms with Crippen LogP contribution in [-0.2, 0) is 4.74 Å². The average Bonchev–Trinajstić information content (AvgIpc) is 2.57. The first kappa shape index (κ1) is 11.3. The topological polar surface area (TPSA) is 21.7 Å². The van der Waals surface area contributed by atoms with Crippen molar-refractivity contribution in [3.63, 3.8) is 0 Å². The maximum atomic E-state index is 5.46. The first-order chi connectivity index (χ1) is 7.81. The second kappa shape index (κ2) is 5.21. The molecule has 0 aromatic heterocycles. The van der Waals surface area contributed by atoms with E-state index in [1.165, 1.54) is 11.3 Å². The third-order valence-electron chi connectivity index (χ3n) is 2.90. The molecule has 88 valence electrons. The van der Waals surface area contributed by atoms with Gasteiger partial charge in [0.2, 0.25) is 0 Å². The van der Waals surface area contributed by atoms with Gasteiger partial charge in [0.25, 0.3) is 0 Å². The van der Waals surface area contributed by atoms with Crippen LogP contribution in [-0.4, -0.2) is 33.4 Å². The zero-order valence-electron chi connectivity index (χ0n) is 10.0. The predicted octanol–water partition coefficient (Wildman–Crippen LogP) is 2.23. The van der Waals surface area contributed by atoms with E-state index in [2.05, 4.69) is 30.0 Å². The Hall–Kier alpha value is -1.22. The summed E-state index contributed by atoms with van der Waals surface area (Å²) in [5, 5.41) is 0. The van der Waals surface area contributed by atoms with Crippen LogP contribution >= 0.6 is 0 Å². The minimum Gasteiger partial charge on any atom is -0.495 e. The van der Waals surface area contributed by atoms with Gasteiger partial charge in [0.05, 0.1) is 19.4 Å². The van der Waals surface area contributed by atoms with Crippen LogP contribution in [0.1, 0.15) is 12.0 Å². The number of aryl methyl sites for hydroxylation is 1. The van der Waals surface area contributed by atoms with E-state index in [4.69, 9.17) is 9.47 Å². The molecule has 0 spiro atoms. The normalized spacial score (nSPS) is 17.0. The second-order valence-corrected chi connectivity index (χ2v) is 4.13. The predicted molar refractivity (Wildman–Crippen MR) is 65.4 cm³/mol. The van der Waals surface area contributed by atoms with Gasteiger partial charge in [-0.1, -0.05) is 6.07 Å². The van der Waals surface area contributed by atoms with Crippen molar-refractivity contribution in [2.24, 2.45) is 0 Å². The van der Waals surface area contributed by atoms with Gasteiger partial charge in [-0.3, -0.25) is 0 Å². The van der Waals surface area contributed by atoms with Crippen LogP contribution in [0.15, 0.2) is 18.2 Å². The molecule has 1 saturated heterocycles. The van der Waals surface area contributed by atoms with Crippen molar-refractivity contribution in [2.45, 2.75) is 13.3 Å². The van der Waals surface area contributed by atoms with Crippen LogP contribution in [0, 0.1) is 6.92 Å². The molecule has 1 aromatic carbocycles. The molecule has 0 atom stereocenters. The number of hydrogen-bond acceptors (Lipinski definition) is 3. The highest BCUT2D eigenvalue weighted by Crippen LogP contribution is 2.29. The Morgan fingerprint density at radius 1 is 1.25 bits per heavy atom. The summed E-state index contributed by atoms with van der Waals surface area (Å²) in [6.07, 6.45) is 1.08. The zero-order valence-corrected chi connectivity index (χ0v) is 10.0. The SMILES string of the molecule is COc1cc(C)ccc1N1CCCOCC1. The minimum absolute atomic E-state index is 0.803. The van der Waals surface area contributed by atoms with E-state index >= 15 is 0 Å². The molecule has 1 heterocycles. The van der Waals surface area contributed by atoms with Crippen molar-refractivity contribution in [1.29, 1.82) is 0 Å². The summed E-state index contributed by atoms with van der Waals surface area (Å²) in [5.74, 6) is 0.960. The molecule has 0 bridgehead atoms. The number of methoxy groups -OCH3 is 1. The van der Waals surface area contributed by atoms with Gasteiger partial charge in [-0.05, 0) is 31.0 Å². The number of rotatable bonds is 2. The number of anilines is 1. The van der Waals surface area contributed by atoms with Gasteiger partial charge in [-0.25, -0.2) is 0 Å². The van der Waals surface area contributed by atoms with Gasteiger partial charge >= 0.3 is 0 Å². The first-order valence-corrected chi connectivity index (χ1v) is 5.78. The summed E-state index contributed by atoms with van der Waals surface area (Å²) in [4.78, 5) is 2.34. The molecule has 0 N–H and O–H groups in total. The fraction of sp³-hybridized carbons (Fsp3) is 0.538. The van der Waals surface area contributed by atoms with Gasteiger partial charge in [0.15, 0.2) is 0 Å². The van der Waals surface area contributed by atoms with Crippen LogP contribution in [0.2, 0.25) is 0 Å². The van der Waals surface area contributed by atoms with Gasteiger partial charge in [-0.15, -0.1) is 0 Å². The van der Waals surface area contributed by atoms with Crippen molar-refractivity contribution in [2.75, 3.05) is 38.3 Å². The molecule has 0 unspecified atom stereocenters. The summed E-state index contributed by atoms with van der Waals surface area (Å²) in [5.41, 5.74) is 2.41. The molecular weight excluding hydrogens is 202 g/mol. The molecule has 3 nitrogen and oxygen atoms in total. The quantitative estimate of drug-likeness (QED) is 0.764. The van der Waals surface area contributed by atoms with Crippen molar-refractivity contribution in [3.8, 4) is 5.75 Å². The molecule has 2 rings (SSSR count). The summed E-state index contributed by atoms with van der Waals surface area (Å²) in [7, 11) is 1.73. The number of benzene rings is 1. The maximum absolute atomic E-state index is 5.46. The molecule has 16 heavy (non-hydrogen) atoms. The lowest BCUT2D eigenvalue weighted by Gasteiger charge is -2.24. The van der Waals surface area contributed by atoms with E-state index in [0.29, 0.717) is 0 Å². The number of nitrogens with zero attached hydrogens (tertiary/aromatic N) is 1. The first-order valence-electron chi connectivity index (χ1n) is 5.78. The smallest absolute Gasteiger partial charge is 0.142 e. The van der Waals surface area contributed by atoms with Crippen LogP contribution < -0.4 is 9.64 Å². The van der Waals surface area contributed by atoms with Crippen LogP contribution in [0.5, 0.6) is 5.75 Å². The van der Waals surface area contributed by atoms with Gasteiger partial charge in [0.1, 0.15) is 5.75 Å². The molecular formula is C13H19NO2. The molecule has 1 fully saturated rings. The third-order valence-corrected chi connectivity index (χ3v) is 2.90. The lowest BCUT2D eigenvalue weighted by Crippen LogP contribution is -2.26. The maximum Gasteiger partial charge on any atom is 0.142 e. The summed E-state index contributed by atoms with van der Waals surface area (Å²) in [6, 6.07) is 6.35. The van der Waals surface area contributed by atoms with Gasteiger partial charge in [-0.2, -0.15) is 0 Å². The molecule has 0 radical (unpaired) electrons.